The Morgan fingerprint density at radius 2 is 2.00 bits per heavy atom. The molecule has 2 aromatic rings. The molecule has 1 atom stereocenters. The quantitative estimate of drug-likeness (QED) is 0.708. The number of halogens is 4. The van der Waals surface area contributed by atoms with Crippen LogP contribution >= 0.6 is 11.6 Å². The Kier molecular flexibility index (Phi) is 4.12. The number of hydrogen-bond donors (Lipinski definition) is 1. The molecular formula is C17H7ClF3NO3. The fraction of sp³-hybridized carbons (Fsp3) is 0.118. The van der Waals surface area contributed by atoms with Crippen LogP contribution in [-0.2, 0) is 10.3 Å². The molecule has 8 heteroatoms. The van der Waals surface area contributed by atoms with Crippen LogP contribution in [0.3, 0.4) is 0 Å². The molecule has 0 saturated carbocycles. The van der Waals surface area contributed by atoms with E-state index >= 15 is 0 Å². The van der Waals surface area contributed by atoms with Crippen molar-refractivity contribution < 1.29 is 27.1 Å². The van der Waals surface area contributed by atoms with E-state index < -0.39 is 23.4 Å². The minimum absolute atomic E-state index is 0.0376. The lowest BCUT2D eigenvalue weighted by Gasteiger charge is -2.35. The van der Waals surface area contributed by atoms with Gasteiger partial charge in [0.25, 0.3) is 5.60 Å². The van der Waals surface area contributed by atoms with Gasteiger partial charge >= 0.3 is 12.3 Å². The zero-order valence-corrected chi connectivity index (χ0v) is 13.0. The van der Waals surface area contributed by atoms with Gasteiger partial charge in [-0.05, 0) is 54.0 Å². The first-order valence-electron chi connectivity index (χ1n) is 6.75. The number of alkyl halides is 3. The van der Waals surface area contributed by atoms with E-state index in [0.29, 0.717) is 0 Å². The standard InChI is InChI=1S/C17H7ClF3NO3/c18-11-6-7-14-13(10-11)16(17(19,20)21,25-15(23)22-14)8-2-1-4-12-5-3-9-24-12/h3,5-7,9-10H,(H,22,23)/t16-/m0/s1. The number of carbonyl (C=O) groups is 1. The molecule has 25 heavy (non-hydrogen) atoms. The van der Waals surface area contributed by atoms with Crippen molar-refractivity contribution in [2.24, 2.45) is 0 Å². The van der Waals surface area contributed by atoms with Crippen molar-refractivity contribution in [3.8, 4) is 23.7 Å². The molecule has 1 aliphatic rings. The van der Waals surface area contributed by atoms with Gasteiger partial charge in [0, 0.05) is 10.6 Å². The van der Waals surface area contributed by atoms with Gasteiger partial charge in [-0.25, -0.2) is 4.79 Å². The lowest BCUT2D eigenvalue weighted by molar-refractivity contribution is -0.239. The number of benzene rings is 1. The van der Waals surface area contributed by atoms with Crippen molar-refractivity contribution in [3.63, 3.8) is 0 Å². The van der Waals surface area contributed by atoms with Crippen molar-refractivity contribution in [2.75, 3.05) is 5.32 Å². The second kappa shape index (κ2) is 6.12. The molecule has 0 aliphatic carbocycles. The van der Waals surface area contributed by atoms with Gasteiger partial charge in [0.05, 0.1) is 12.0 Å². The lowest BCUT2D eigenvalue weighted by Crippen LogP contribution is -2.49. The van der Waals surface area contributed by atoms with Gasteiger partial charge < -0.3 is 9.15 Å². The third kappa shape index (κ3) is 3.15. The van der Waals surface area contributed by atoms with E-state index in [1.807, 2.05) is 5.92 Å². The molecular weight excluding hydrogens is 359 g/mol. The molecule has 1 aromatic heterocycles. The summed E-state index contributed by atoms with van der Waals surface area (Å²) in [6.07, 6.45) is -4.93. The first-order valence-corrected chi connectivity index (χ1v) is 7.13. The summed E-state index contributed by atoms with van der Waals surface area (Å²) in [5.41, 5.74) is -3.68. The van der Waals surface area contributed by atoms with Gasteiger partial charge in [-0.1, -0.05) is 11.6 Å². The molecule has 1 amide bonds. The van der Waals surface area contributed by atoms with E-state index in [0.717, 1.165) is 6.07 Å². The maximum Gasteiger partial charge on any atom is 0.445 e. The predicted octanol–water partition coefficient (Wildman–Crippen LogP) is 4.31. The molecule has 0 unspecified atom stereocenters. The smallest absolute Gasteiger partial charge is 0.445 e. The minimum atomic E-state index is -5.01. The first kappa shape index (κ1) is 16.8. The number of rotatable bonds is 0. The molecule has 0 spiro atoms. The summed E-state index contributed by atoms with van der Waals surface area (Å²) >= 11 is 5.80. The number of hydrogen-bond acceptors (Lipinski definition) is 3. The number of furan rings is 1. The van der Waals surface area contributed by atoms with Crippen LogP contribution in [0.25, 0.3) is 0 Å². The van der Waals surface area contributed by atoms with Crippen molar-refractivity contribution in [1.82, 2.24) is 0 Å². The van der Waals surface area contributed by atoms with Gasteiger partial charge in [-0.3, -0.25) is 5.32 Å². The summed E-state index contributed by atoms with van der Waals surface area (Å²) in [4.78, 5) is 11.6. The van der Waals surface area contributed by atoms with Crippen LogP contribution in [0.15, 0.2) is 41.0 Å². The Labute approximate surface area is 144 Å². The summed E-state index contributed by atoms with van der Waals surface area (Å²) in [5.74, 6) is 8.92. The average molecular weight is 366 g/mol. The highest BCUT2D eigenvalue weighted by atomic mass is 35.5. The molecule has 0 radical (unpaired) electrons. The maximum absolute atomic E-state index is 13.8. The van der Waals surface area contributed by atoms with E-state index in [2.05, 4.69) is 27.8 Å². The van der Waals surface area contributed by atoms with Gasteiger partial charge in [0.15, 0.2) is 5.76 Å². The topological polar surface area (TPSA) is 51.5 Å². The highest BCUT2D eigenvalue weighted by Gasteiger charge is 2.62. The SMILES string of the molecule is O=C1Nc2ccc(Cl)cc2[C@@](C#CC#Cc2ccco2)(C(F)(F)F)O1. The van der Waals surface area contributed by atoms with Crippen molar-refractivity contribution in [2.45, 2.75) is 11.8 Å². The third-order valence-electron chi connectivity index (χ3n) is 3.25. The molecule has 0 bridgehead atoms. The first-order chi connectivity index (χ1) is 11.8. The van der Waals surface area contributed by atoms with Crippen LogP contribution in [0.4, 0.5) is 23.7 Å². The number of anilines is 1. The van der Waals surface area contributed by atoms with E-state index in [1.165, 1.54) is 24.5 Å². The Hall–Kier alpha value is -3.03. The average Bonchev–Trinajstić information content (AvgIpc) is 3.04. The summed E-state index contributed by atoms with van der Waals surface area (Å²) in [7, 11) is 0. The molecule has 0 fully saturated rings. The second-order valence-corrected chi connectivity index (χ2v) is 5.30. The van der Waals surface area contributed by atoms with Crippen LogP contribution in [-0.4, -0.2) is 12.3 Å². The zero-order valence-electron chi connectivity index (χ0n) is 12.2. The number of ether oxygens (including phenoxy) is 1. The predicted molar refractivity (Wildman–Crippen MR) is 82.7 cm³/mol. The number of carbonyl (C=O) groups excluding carboxylic acids is 1. The lowest BCUT2D eigenvalue weighted by atomic mass is 9.90. The largest absolute Gasteiger partial charge is 0.456 e. The van der Waals surface area contributed by atoms with Crippen molar-refractivity contribution in [3.05, 3.63) is 52.9 Å². The summed E-state index contributed by atoms with van der Waals surface area (Å²) < 4.78 is 50.8. The Bertz CT molecular complexity index is 945. The minimum Gasteiger partial charge on any atom is -0.456 e. The van der Waals surface area contributed by atoms with Crippen molar-refractivity contribution in [1.29, 1.82) is 0 Å². The van der Waals surface area contributed by atoms with E-state index in [4.69, 9.17) is 16.0 Å². The highest BCUT2D eigenvalue weighted by Crippen LogP contribution is 2.47. The Morgan fingerprint density at radius 1 is 1.20 bits per heavy atom. The molecule has 1 N–H and O–H groups in total. The molecule has 0 saturated heterocycles. The van der Waals surface area contributed by atoms with E-state index in [1.54, 1.807) is 6.07 Å². The normalized spacial score (nSPS) is 18.6. The molecule has 1 aliphatic heterocycles. The summed E-state index contributed by atoms with van der Waals surface area (Å²) in [5, 5.41) is 2.23. The molecule has 3 rings (SSSR count). The summed E-state index contributed by atoms with van der Waals surface area (Å²) in [6, 6.07) is 6.72. The zero-order chi connectivity index (χ0) is 18.1. The van der Waals surface area contributed by atoms with Crippen LogP contribution < -0.4 is 5.32 Å². The van der Waals surface area contributed by atoms with Gasteiger partial charge in [0.2, 0.25) is 0 Å². The molecule has 126 valence electrons. The van der Waals surface area contributed by atoms with E-state index in [-0.39, 0.29) is 16.5 Å². The monoisotopic (exact) mass is 365 g/mol. The van der Waals surface area contributed by atoms with Crippen LogP contribution in [0, 0.1) is 23.7 Å². The second-order valence-electron chi connectivity index (χ2n) is 4.86. The fourth-order valence-electron chi connectivity index (χ4n) is 2.18. The number of nitrogens with one attached hydrogen (secondary N) is 1. The highest BCUT2D eigenvalue weighted by molar-refractivity contribution is 6.30. The van der Waals surface area contributed by atoms with Crippen LogP contribution in [0.5, 0.6) is 0 Å². The summed E-state index contributed by atoms with van der Waals surface area (Å²) in [6.45, 7) is 0. The number of fused-ring (bicyclic) bond motifs is 1. The third-order valence-corrected chi connectivity index (χ3v) is 3.49. The molecule has 1 aromatic carbocycles. The number of cyclic esters (lactones) is 1. The van der Waals surface area contributed by atoms with Crippen LogP contribution in [0.1, 0.15) is 11.3 Å². The van der Waals surface area contributed by atoms with Gasteiger partial charge in [-0.15, -0.1) is 0 Å². The van der Waals surface area contributed by atoms with Crippen LogP contribution in [0.2, 0.25) is 5.02 Å². The van der Waals surface area contributed by atoms with Gasteiger partial charge in [0.1, 0.15) is 0 Å². The Morgan fingerprint density at radius 3 is 2.68 bits per heavy atom. The van der Waals surface area contributed by atoms with E-state index in [9.17, 15) is 18.0 Å². The van der Waals surface area contributed by atoms with Gasteiger partial charge in [-0.2, -0.15) is 13.2 Å². The fourth-order valence-corrected chi connectivity index (χ4v) is 2.35. The van der Waals surface area contributed by atoms with Crippen molar-refractivity contribution >= 4 is 23.4 Å². The molecule has 4 nitrogen and oxygen atoms in total. The number of amides is 1. The maximum atomic E-state index is 13.8. The Balaban J connectivity index is 2.13. The molecule has 2 heterocycles.